The van der Waals surface area contributed by atoms with E-state index in [9.17, 15) is 27.6 Å². The SMILES string of the molecule is COc1cccc(OC)c1C(=O)N1CCC2(CC1)OCC(C(=O)NCc1cccc(C(F)(F)F)c1)N2C(=O)c1ccco1. The third kappa shape index (κ3) is 5.89. The van der Waals surface area contributed by atoms with Crippen LogP contribution >= 0.6 is 0 Å². The molecule has 13 heteroatoms. The number of hydrogen-bond donors (Lipinski definition) is 1. The summed E-state index contributed by atoms with van der Waals surface area (Å²) in [5.41, 5.74) is -1.53. The van der Waals surface area contributed by atoms with Crippen LogP contribution in [0.25, 0.3) is 0 Å². The molecule has 2 fully saturated rings. The van der Waals surface area contributed by atoms with Gasteiger partial charge in [0.2, 0.25) is 5.91 Å². The smallest absolute Gasteiger partial charge is 0.416 e. The molecule has 3 amide bonds. The number of furan rings is 1. The van der Waals surface area contributed by atoms with E-state index < -0.39 is 35.3 Å². The van der Waals surface area contributed by atoms with Crippen LogP contribution in [-0.2, 0) is 22.3 Å². The van der Waals surface area contributed by atoms with E-state index in [2.05, 4.69) is 5.32 Å². The summed E-state index contributed by atoms with van der Waals surface area (Å²) in [7, 11) is 2.92. The van der Waals surface area contributed by atoms with Gasteiger partial charge < -0.3 is 28.8 Å². The molecule has 1 atom stereocenters. The number of rotatable bonds is 7. The topological polar surface area (TPSA) is 111 Å². The Hall–Kier alpha value is -4.52. The van der Waals surface area contributed by atoms with Crippen LogP contribution in [-0.4, -0.2) is 73.2 Å². The van der Waals surface area contributed by atoms with E-state index in [1.165, 1.54) is 43.6 Å². The lowest BCUT2D eigenvalue weighted by Crippen LogP contribution is -2.59. The number of carbonyl (C=O) groups is 3. The van der Waals surface area contributed by atoms with Crippen LogP contribution in [0.4, 0.5) is 13.2 Å². The lowest BCUT2D eigenvalue weighted by molar-refractivity contribution is -0.137. The lowest BCUT2D eigenvalue weighted by Gasteiger charge is -2.44. The van der Waals surface area contributed by atoms with E-state index >= 15 is 0 Å². The number of nitrogens with one attached hydrogen (secondary N) is 1. The number of carbonyl (C=O) groups excluding carboxylic acids is 3. The van der Waals surface area contributed by atoms with Crippen LogP contribution in [0.3, 0.4) is 0 Å². The minimum Gasteiger partial charge on any atom is -0.496 e. The van der Waals surface area contributed by atoms with Gasteiger partial charge >= 0.3 is 6.18 Å². The summed E-state index contributed by atoms with van der Waals surface area (Å²) in [6.45, 7) is 0.0638. The molecule has 2 aromatic carbocycles. The Morgan fingerprint density at radius 2 is 1.65 bits per heavy atom. The van der Waals surface area contributed by atoms with E-state index in [1.807, 2.05) is 0 Å². The average molecular weight is 602 g/mol. The van der Waals surface area contributed by atoms with Gasteiger partial charge in [-0.15, -0.1) is 0 Å². The van der Waals surface area contributed by atoms with Crippen molar-refractivity contribution in [2.45, 2.75) is 37.3 Å². The first-order valence-electron chi connectivity index (χ1n) is 13.5. The number of alkyl halides is 3. The number of nitrogens with zero attached hydrogens (tertiary/aromatic N) is 2. The molecule has 2 saturated heterocycles. The van der Waals surface area contributed by atoms with Gasteiger partial charge in [0.1, 0.15) is 28.8 Å². The van der Waals surface area contributed by atoms with Crippen LogP contribution in [0.1, 0.15) is 44.9 Å². The van der Waals surface area contributed by atoms with Gasteiger partial charge in [-0.3, -0.25) is 19.3 Å². The number of hydrogen-bond acceptors (Lipinski definition) is 7. The van der Waals surface area contributed by atoms with E-state index in [-0.39, 0.29) is 61.9 Å². The Kier molecular flexibility index (Phi) is 8.36. The molecule has 0 aliphatic carbocycles. The van der Waals surface area contributed by atoms with Crippen molar-refractivity contribution in [1.82, 2.24) is 15.1 Å². The van der Waals surface area contributed by atoms with Crippen molar-refractivity contribution in [2.75, 3.05) is 33.9 Å². The van der Waals surface area contributed by atoms with Crippen LogP contribution < -0.4 is 14.8 Å². The van der Waals surface area contributed by atoms with Crippen LogP contribution in [0.2, 0.25) is 0 Å². The number of benzene rings is 2. The maximum Gasteiger partial charge on any atom is 0.416 e. The van der Waals surface area contributed by atoms with E-state index in [0.717, 1.165) is 12.1 Å². The van der Waals surface area contributed by atoms with E-state index in [0.29, 0.717) is 11.5 Å². The highest BCUT2D eigenvalue weighted by Crippen LogP contribution is 2.40. The van der Waals surface area contributed by atoms with Crippen molar-refractivity contribution in [3.8, 4) is 11.5 Å². The molecule has 1 aromatic heterocycles. The summed E-state index contributed by atoms with van der Waals surface area (Å²) < 4.78 is 61.7. The summed E-state index contributed by atoms with van der Waals surface area (Å²) in [4.78, 5) is 43.5. The van der Waals surface area contributed by atoms with Gasteiger partial charge in [-0.2, -0.15) is 13.2 Å². The minimum absolute atomic E-state index is 0.00202. The molecular weight excluding hydrogens is 571 g/mol. The summed E-state index contributed by atoms with van der Waals surface area (Å²) >= 11 is 0. The number of methoxy groups -OCH3 is 2. The molecule has 43 heavy (non-hydrogen) atoms. The molecule has 0 bridgehead atoms. The van der Waals surface area contributed by atoms with Crippen molar-refractivity contribution in [3.05, 3.63) is 83.3 Å². The maximum absolute atomic E-state index is 13.7. The molecule has 3 heterocycles. The molecule has 3 aromatic rings. The summed E-state index contributed by atoms with van der Waals surface area (Å²) in [6.07, 6.45) is -2.80. The Bertz CT molecular complexity index is 1460. The van der Waals surface area contributed by atoms with Gasteiger partial charge in [-0.1, -0.05) is 18.2 Å². The zero-order valence-corrected chi connectivity index (χ0v) is 23.5. The van der Waals surface area contributed by atoms with E-state index in [1.54, 1.807) is 29.2 Å². The second-order valence-electron chi connectivity index (χ2n) is 10.2. The predicted octanol–water partition coefficient (Wildman–Crippen LogP) is 4.11. The molecule has 1 unspecified atom stereocenters. The van der Waals surface area contributed by atoms with Crippen molar-refractivity contribution in [1.29, 1.82) is 0 Å². The molecule has 2 aliphatic rings. The highest BCUT2D eigenvalue weighted by molar-refractivity contribution is 6.00. The zero-order valence-electron chi connectivity index (χ0n) is 23.5. The van der Waals surface area contributed by atoms with Crippen molar-refractivity contribution < 1.29 is 46.2 Å². The number of piperidine rings is 1. The normalized spacial score (nSPS) is 18.0. The second kappa shape index (κ2) is 12.0. The highest BCUT2D eigenvalue weighted by Gasteiger charge is 2.55. The quantitative estimate of drug-likeness (QED) is 0.434. The first kappa shape index (κ1) is 30.0. The first-order valence-corrected chi connectivity index (χ1v) is 13.5. The minimum atomic E-state index is -4.52. The van der Waals surface area contributed by atoms with Gasteiger partial charge in [0.25, 0.3) is 11.8 Å². The van der Waals surface area contributed by atoms with Gasteiger partial charge in [-0.05, 0) is 42.0 Å². The standard InChI is InChI=1S/C30H30F3N3O7/c1-40-22-8-4-9-23(41-2)25(22)28(39)35-13-11-29(12-14-35)36(27(38)24-10-5-15-42-24)21(18-43-29)26(37)34-17-19-6-3-7-20(16-19)30(31,32)33/h3-10,15-16,21H,11-14,17-18H2,1-2H3,(H,34,37). The molecule has 2 aliphatic heterocycles. The number of halogens is 3. The number of amides is 3. The fourth-order valence-corrected chi connectivity index (χ4v) is 5.53. The predicted molar refractivity (Wildman–Crippen MR) is 145 cm³/mol. The zero-order chi connectivity index (χ0) is 30.8. The average Bonchev–Trinajstić information content (AvgIpc) is 3.68. The second-order valence-corrected chi connectivity index (χ2v) is 10.2. The molecule has 0 saturated carbocycles. The first-order chi connectivity index (χ1) is 20.6. The Labute approximate surface area is 245 Å². The summed E-state index contributed by atoms with van der Waals surface area (Å²) in [5.74, 6) is -0.777. The molecular formula is C30H30F3N3O7. The lowest BCUT2D eigenvalue weighted by atomic mass is 9.96. The third-order valence-electron chi connectivity index (χ3n) is 7.71. The molecule has 0 radical (unpaired) electrons. The largest absolute Gasteiger partial charge is 0.496 e. The number of ether oxygens (including phenoxy) is 3. The fraction of sp³-hybridized carbons (Fsp3) is 0.367. The highest BCUT2D eigenvalue weighted by atomic mass is 19.4. The molecule has 1 spiro atoms. The van der Waals surface area contributed by atoms with Crippen molar-refractivity contribution >= 4 is 17.7 Å². The Morgan fingerprint density at radius 1 is 0.977 bits per heavy atom. The molecule has 228 valence electrons. The van der Waals surface area contributed by atoms with Gasteiger partial charge in [0.15, 0.2) is 5.76 Å². The molecule has 5 rings (SSSR count). The maximum atomic E-state index is 13.7. The summed E-state index contributed by atoms with van der Waals surface area (Å²) in [6, 6.07) is 11.6. The van der Waals surface area contributed by atoms with Crippen LogP contribution in [0.5, 0.6) is 11.5 Å². The molecule has 10 nitrogen and oxygen atoms in total. The van der Waals surface area contributed by atoms with E-state index in [4.69, 9.17) is 18.6 Å². The van der Waals surface area contributed by atoms with Crippen molar-refractivity contribution in [3.63, 3.8) is 0 Å². The Morgan fingerprint density at radius 3 is 2.26 bits per heavy atom. The van der Waals surface area contributed by atoms with Gasteiger partial charge in [-0.25, -0.2) is 0 Å². The van der Waals surface area contributed by atoms with Crippen LogP contribution in [0, 0.1) is 0 Å². The Balaban J connectivity index is 1.34. The van der Waals surface area contributed by atoms with Gasteiger partial charge in [0, 0.05) is 32.5 Å². The number of likely N-dealkylation sites (tertiary alicyclic amines) is 1. The van der Waals surface area contributed by atoms with Crippen molar-refractivity contribution in [2.24, 2.45) is 0 Å². The molecule has 1 N–H and O–H groups in total. The fourth-order valence-electron chi connectivity index (χ4n) is 5.53. The van der Waals surface area contributed by atoms with Gasteiger partial charge in [0.05, 0.1) is 32.7 Å². The summed E-state index contributed by atoms with van der Waals surface area (Å²) in [5, 5.41) is 2.64. The third-order valence-corrected chi connectivity index (χ3v) is 7.71. The van der Waals surface area contributed by atoms with Crippen LogP contribution in [0.15, 0.2) is 65.3 Å². The monoisotopic (exact) mass is 601 g/mol.